The maximum absolute atomic E-state index is 12.7. The van der Waals surface area contributed by atoms with Crippen molar-refractivity contribution < 1.29 is 4.79 Å². The van der Waals surface area contributed by atoms with Gasteiger partial charge in [-0.1, -0.05) is 13.3 Å². The normalized spacial score (nSPS) is 14.3. The van der Waals surface area contributed by atoms with Crippen molar-refractivity contribution in [1.29, 1.82) is 0 Å². The molecular formula is C20H35Cl2N3O. The number of halogens is 2. The molecule has 1 amide bonds. The van der Waals surface area contributed by atoms with Gasteiger partial charge >= 0.3 is 0 Å². The van der Waals surface area contributed by atoms with Crippen LogP contribution >= 0.6 is 24.8 Å². The minimum Gasteiger partial charge on any atom is -0.372 e. The number of hydrogen-bond donors (Lipinski definition) is 1. The van der Waals surface area contributed by atoms with E-state index in [0.29, 0.717) is 5.92 Å². The SMILES string of the molecule is CCCCN(CC)c1ccc(C(=O)N2CCC(CNC)CC2)cc1.Cl.Cl. The van der Waals surface area contributed by atoms with E-state index in [1.807, 2.05) is 24.1 Å². The molecule has 1 aromatic rings. The minimum absolute atomic E-state index is 0. The van der Waals surface area contributed by atoms with Gasteiger partial charge in [-0.2, -0.15) is 0 Å². The third-order valence-electron chi connectivity index (χ3n) is 5.04. The van der Waals surface area contributed by atoms with E-state index in [1.54, 1.807) is 0 Å². The molecule has 0 unspecified atom stereocenters. The summed E-state index contributed by atoms with van der Waals surface area (Å²) in [6, 6.07) is 8.18. The number of unbranched alkanes of at least 4 members (excludes halogenated alkanes) is 1. The van der Waals surface area contributed by atoms with Crippen molar-refractivity contribution in [3.05, 3.63) is 29.8 Å². The standard InChI is InChI=1S/C20H33N3O.2ClH/c1-4-6-13-22(5-2)19-9-7-18(8-10-19)20(24)23-14-11-17(12-15-23)16-21-3;;/h7-10,17,21H,4-6,11-16H2,1-3H3;2*1H. The molecule has 1 heterocycles. The van der Waals surface area contributed by atoms with Crippen LogP contribution in [0.4, 0.5) is 5.69 Å². The molecule has 1 N–H and O–H groups in total. The van der Waals surface area contributed by atoms with Gasteiger partial charge in [-0.25, -0.2) is 0 Å². The van der Waals surface area contributed by atoms with Crippen LogP contribution in [0.25, 0.3) is 0 Å². The fourth-order valence-electron chi connectivity index (χ4n) is 3.45. The van der Waals surface area contributed by atoms with Crippen molar-refractivity contribution >= 4 is 36.4 Å². The molecule has 6 heteroatoms. The van der Waals surface area contributed by atoms with Gasteiger partial charge in [-0.15, -0.1) is 24.8 Å². The molecule has 150 valence electrons. The second-order valence-corrected chi connectivity index (χ2v) is 6.77. The first-order valence-corrected chi connectivity index (χ1v) is 9.48. The number of benzene rings is 1. The summed E-state index contributed by atoms with van der Waals surface area (Å²) in [5.74, 6) is 0.888. The number of carbonyl (C=O) groups excluding carboxylic acids is 1. The fraction of sp³-hybridized carbons (Fsp3) is 0.650. The average Bonchev–Trinajstić information content (AvgIpc) is 2.63. The van der Waals surface area contributed by atoms with Crippen molar-refractivity contribution in [1.82, 2.24) is 10.2 Å². The maximum Gasteiger partial charge on any atom is 0.253 e. The Labute approximate surface area is 171 Å². The molecule has 26 heavy (non-hydrogen) atoms. The van der Waals surface area contributed by atoms with Crippen LogP contribution < -0.4 is 10.2 Å². The molecule has 1 saturated heterocycles. The van der Waals surface area contributed by atoms with Gasteiger partial charge in [0.1, 0.15) is 0 Å². The zero-order valence-electron chi connectivity index (χ0n) is 16.4. The van der Waals surface area contributed by atoms with Crippen LogP contribution in [0.15, 0.2) is 24.3 Å². The van der Waals surface area contributed by atoms with E-state index in [4.69, 9.17) is 0 Å². The number of hydrogen-bond acceptors (Lipinski definition) is 3. The lowest BCUT2D eigenvalue weighted by molar-refractivity contribution is 0.0691. The summed E-state index contributed by atoms with van der Waals surface area (Å²) in [5, 5.41) is 3.24. The van der Waals surface area contributed by atoms with E-state index >= 15 is 0 Å². The largest absolute Gasteiger partial charge is 0.372 e. The lowest BCUT2D eigenvalue weighted by atomic mass is 9.96. The first-order chi connectivity index (χ1) is 11.7. The van der Waals surface area contributed by atoms with E-state index in [0.717, 1.165) is 51.1 Å². The highest BCUT2D eigenvalue weighted by Gasteiger charge is 2.23. The van der Waals surface area contributed by atoms with E-state index in [1.165, 1.54) is 18.5 Å². The summed E-state index contributed by atoms with van der Waals surface area (Å²) < 4.78 is 0. The number of likely N-dealkylation sites (tertiary alicyclic amines) is 1. The van der Waals surface area contributed by atoms with Crippen molar-refractivity contribution in [2.24, 2.45) is 5.92 Å². The maximum atomic E-state index is 12.7. The molecule has 1 aliphatic rings. The molecule has 0 atom stereocenters. The van der Waals surface area contributed by atoms with Gasteiger partial charge in [0.05, 0.1) is 0 Å². The Hall–Kier alpha value is -0.970. The number of carbonyl (C=O) groups is 1. The van der Waals surface area contributed by atoms with Crippen molar-refractivity contribution in [3.8, 4) is 0 Å². The van der Waals surface area contributed by atoms with Crippen LogP contribution in [0.3, 0.4) is 0 Å². The minimum atomic E-state index is 0. The molecule has 4 nitrogen and oxygen atoms in total. The Morgan fingerprint density at radius 1 is 1.15 bits per heavy atom. The molecule has 1 aliphatic heterocycles. The van der Waals surface area contributed by atoms with Crippen molar-refractivity contribution in [2.75, 3.05) is 44.7 Å². The van der Waals surface area contributed by atoms with Gasteiger partial charge in [-0.05, 0) is 70.0 Å². The second-order valence-electron chi connectivity index (χ2n) is 6.77. The summed E-state index contributed by atoms with van der Waals surface area (Å²) >= 11 is 0. The summed E-state index contributed by atoms with van der Waals surface area (Å²) in [6.07, 6.45) is 4.61. The van der Waals surface area contributed by atoms with Gasteiger partial charge in [0.15, 0.2) is 0 Å². The number of nitrogens with zero attached hydrogens (tertiary/aromatic N) is 2. The monoisotopic (exact) mass is 403 g/mol. The molecule has 0 aromatic heterocycles. The number of amides is 1. The molecule has 0 spiro atoms. The van der Waals surface area contributed by atoms with Crippen LogP contribution in [-0.4, -0.2) is 50.6 Å². The topological polar surface area (TPSA) is 35.6 Å². The number of piperidine rings is 1. The lowest BCUT2D eigenvalue weighted by Gasteiger charge is -2.32. The third-order valence-corrected chi connectivity index (χ3v) is 5.04. The predicted molar refractivity (Wildman–Crippen MR) is 116 cm³/mol. The van der Waals surface area contributed by atoms with Crippen LogP contribution in [0.1, 0.15) is 49.9 Å². The van der Waals surface area contributed by atoms with E-state index in [9.17, 15) is 4.79 Å². The van der Waals surface area contributed by atoms with Crippen LogP contribution in [-0.2, 0) is 0 Å². The highest BCUT2D eigenvalue weighted by atomic mass is 35.5. The Bertz CT molecular complexity index is 502. The first kappa shape index (κ1) is 25.0. The summed E-state index contributed by atoms with van der Waals surface area (Å²) in [5.41, 5.74) is 2.03. The quantitative estimate of drug-likeness (QED) is 0.705. The number of anilines is 1. The van der Waals surface area contributed by atoms with Crippen molar-refractivity contribution in [3.63, 3.8) is 0 Å². The van der Waals surface area contributed by atoms with Crippen LogP contribution in [0.2, 0.25) is 0 Å². The summed E-state index contributed by atoms with van der Waals surface area (Å²) in [6.45, 7) is 9.31. The molecule has 2 rings (SSSR count). The van der Waals surface area contributed by atoms with Gasteiger partial charge in [0.25, 0.3) is 5.91 Å². The average molecular weight is 404 g/mol. The molecule has 0 saturated carbocycles. The van der Waals surface area contributed by atoms with E-state index in [-0.39, 0.29) is 30.7 Å². The molecule has 0 radical (unpaired) electrons. The Balaban J connectivity index is 0.00000312. The molecule has 0 bridgehead atoms. The van der Waals surface area contributed by atoms with Gasteiger partial charge < -0.3 is 15.1 Å². The summed E-state index contributed by atoms with van der Waals surface area (Å²) in [7, 11) is 2.00. The molecule has 1 aromatic carbocycles. The smallest absolute Gasteiger partial charge is 0.253 e. The third kappa shape index (κ3) is 6.98. The zero-order chi connectivity index (χ0) is 17.4. The lowest BCUT2D eigenvalue weighted by Crippen LogP contribution is -2.40. The summed E-state index contributed by atoms with van der Waals surface area (Å²) in [4.78, 5) is 17.1. The second kappa shape index (κ2) is 13.2. The van der Waals surface area contributed by atoms with Gasteiger partial charge in [-0.3, -0.25) is 4.79 Å². The predicted octanol–water partition coefficient (Wildman–Crippen LogP) is 4.23. The Morgan fingerprint density at radius 3 is 2.27 bits per heavy atom. The van der Waals surface area contributed by atoms with Crippen molar-refractivity contribution in [2.45, 2.75) is 39.5 Å². The Morgan fingerprint density at radius 2 is 1.77 bits per heavy atom. The van der Waals surface area contributed by atoms with E-state index in [2.05, 4.69) is 36.2 Å². The highest BCUT2D eigenvalue weighted by molar-refractivity contribution is 5.94. The first-order valence-electron chi connectivity index (χ1n) is 9.48. The Kier molecular flexibility index (Phi) is 12.7. The number of nitrogens with one attached hydrogen (secondary N) is 1. The molecule has 0 aliphatic carbocycles. The van der Waals surface area contributed by atoms with Crippen LogP contribution in [0, 0.1) is 5.92 Å². The van der Waals surface area contributed by atoms with Gasteiger partial charge in [0.2, 0.25) is 0 Å². The zero-order valence-corrected chi connectivity index (χ0v) is 18.0. The van der Waals surface area contributed by atoms with Gasteiger partial charge in [0, 0.05) is 37.4 Å². The van der Waals surface area contributed by atoms with Crippen LogP contribution in [0.5, 0.6) is 0 Å². The van der Waals surface area contributed by atoms with E-state index < -0.39 is 0 Å². The molecule has 1 fully saturated rings. The fourth-order valence-corrected chi connectivity index (χ4v) is 3.45. The highest BCUT2D eigenvalue weighted by Crippen LogP contribution is 2.20. The number of rotatable bonds is 8. The molecular weight excluding hydrogens is 369 g/mol.